The van der Waals surface area contributed by atoms with E-state index in [1.165, 1.54) is 5.57 Å². The van der Waals surface area contributed by atoms with Crippen LogP contribution in [0.5, 0.6) is 11.5 Å². The van der Waals surface area contributed by atoms with Gasteiger partial charge < -0.3 is 39.4 Å². The maximum absolute atomic E-state index is 14.3. The second-order valence-corrected chi connectivity index (χ2v) is 20.4. The van der Waals surface area contributed by atoms with Gasteiger partial charge in [-0.15, -0.1) is 0 Å². The van der Waals surface area contributed by atoms with Crippen molar-refractivity contribution in [3.63, 3.8) is 0 Å². The molecule has 1 aromatic carbocycles. The molecule has 0 bridgehead atoms. The predicted octanol–water partition coefficient (Wildman–Crippen LogP) is 7.13. The van der Waals surface area contributed by atoms with Crippen molar-refractivity contribution >= 4 is 41.9 Å². The van der Waals surface area contributed by atoms with Gasteiger partial charge in [-0.2, -0.15) is 24.4 Å². The fraction of sp³-hybridized carbons (Fsp3) is 0.489. The summed E-state index contributed by atoms with van der Waals surface area (Å²) < 4.78 is 24.9. The third-order valence-corrected chi connectivity index (χ3v) is 15.3. The van der Waals surface area contributed by atoms with Crippen molar-refractivity contribution in [2.24, 2.45) is 17.8 Å². The van der Waals surface area contributed by atoms with Crippen LogP contribution in [0.3, 0.4) is 0 Å². The van der Waals surface area contributed by atoms with Gasteiger partial charge in [-0.1, -0.05) is 74.6 Å². The number of nitrogens with one attached hydrogen (secondary N) is 2. The van der Waals surface area contributed by atoms with Gasteiger partial charge in [0.05, 0.1) is 49.7 Å². The zero-order valence-corrected chi connectivity index (χ0v) is 35.9. The first kappa shape index (κ1) is 38.9. The Morgan fingerprint density at radius 3 is 2.51 bits per heavy atom. The van der Waals surface area contributed by atoms with E-state index in [-0.39, 0.29) is 58.4 Å². The maximum Gasteiger partial charge on any atom is 0.258 e. The smallest absolute Gasteiger partial charge is 0.258 e. The molecule has 9 atom stereocenters. The standard InChI is InChI=1S/C47H54N4O6S2/c1-46(2,58)26-59-25-29-14-27(23-56-40-19-34-33(18-39(40)55-4)45(53)51-37-12-8-6-10-31(37)21-47(51)22-42(47)48-34)13-28(15-29)24-57-41-20-35-32(17-38(41)54-3)44(52)50-36-11-7-5-9-30(36)16-43(50)49-35/h5-12,14-15,17-18,20,27,30-31,34,36-37,42-43,48-49,58H,13,16,19,21-26H2,1-4H3/t27?,30?,31?,34?,36?,37?,42-,43?,47?/m1/s1. The van der Waals surface area contributed by atoms with Gasteiger partial charge in [-0.3, -0.25) is 9.59 Å². The number of hydrogen-bond donors (Lipinski definition) is 3. The van der Waals surface area contributed by atoms with Crippen LogP contribution in [0, 0.1) is 17.8 Å². The van der Waals surface area contributed by atoms with E-state index < -0.39 is 0 Å². The first-order valence-electron chi connectivity index (χ1n) is 21.1. The topological polar surface area (TPSA) is 102 Å². The SMILES string of the molecule is COC1=C(OCC2C=C(CSCC(C)(C)S)C=C(COc3cc4c(cc3OC)C(=O)N3C(CC5C=CC=CC53)N4)C2)CC2N[C@@H]3CC34CC3C=CC=CC3N4C(=O)C2=C1. The molecule has 4 aliphatic heterocycles. The molecule has 3 saturated heterocycles. The van der Waals surface area contributed by atoms with Gasteiger partial charge in [0.15, 0.2) is 17.3 Å². The summed E-state index contributed by atoms with van der Waals surface area (Å²) in [4.78, 5) is 32.3. The lowest BCUT2D eigenvalue weighted by atomic mass is 9.91. The first-order valence-corrected chi connectivity index (χ1v) is 22.7. The molecule has 1 aromatic rings. The average molecular weight is 835 g/mol. The average Bonchev–Trinajstić information content (AvgIpc) is 3.61. The van der Waals surface area contributed by atoms with Crippen LogP contribution in [0.1, 0.15) is 56.3 Å². The van der Waals surface area contributed by atoms with E-state index in [1.54, 1.807) is 14.2 Å². The Balaban J connectivity index is 0.848. The number of ether oxygens (including phenoxy) is 4. The van der Waals surface area contributed by atoms with Crippen molar-refractivity contribution in [3.8, 4) is 11.5 Å². The van der Waals surface area contributed by atoms with Gasteiger partial charge in [-0.05, 0) is 49.0 Å². The van der Waals surface area contributed by atoms with Gasteiger partial charge in [0, 0.05) is 64.2 Å². The number of carbonyl (C=O) groups is 2. The Bertz CT molecular complexity index is 2200. The number of carbonyl (C=O) groups excluding carboxylic acids is 2. The van der Waals surface area contributed by atoms with Gasteiger partial charge in [-0.25, -0.2) is 0 Å². The van der Waals surface area contributed by atoms with Crippen LogP contribution < -0.4 is 20.1 Å². The minimum absolute atomic E-state index is 0.0119. The van der Waals surface area contributed by atoms with Crippen molar-refractivity contribution < 1.29 is 28.5 Å². The summed E-state index contributed by atoms with van der Waals surface area (Å²) in [6, 6.07) is 4.05. The van der Waals surface area contributed by atoms with Crippen molar-refractivity contribution in [1.82, 2.24) is 15.1 Å². The van der Waals surface area contributed by atoms with E-state index in [9.17, 15) is 9.59 Å². The molecule has 310 valence electrons. The van der Waals surface area contributed by atoms with Crippen LogP contribution >= 0.6 is 24.4 Å². The Labute approximate surface area is 356 Å². The van der Waals surface area contributed by atoms with Crippen molar-refractivity contribution in [2.75, 3.05) is 44.3 Å². The van der Waals surface area contributed by atoms with Crippen molar-refractivity contribution in [1.29, 1.82) is 0 Å². The van der Waals surface area contributed by atoms with Crippen LogP contribution in [0.25, 0.3) is 0 Å². The Morgan fingerprint density at radius 2 is 1.71 bits per heavy atom. The summed E-state index contributed by atoms with van der Waals surface area (Å²) in [5.74, 6) is 5.19. The van der Waals surface area contributed by atoms with Crippen LogP contribution in [-0.4, -0.2) is 101 Å². The van der Waals surface area contributed by atoms with Gasteiger partial charge in [0.1, 0.15) is 18.5 Å². The fourth-order valence-corrected chi connectivity index (χ4v) is 12.1. The number of thioether (sulfide) groups is 1. The van der Waals surface area contributed by atoms with Crippen LogP contribution in [0.4, 0.5) is 5.69 Å². The van der Waals surface area contributed by atoms with Crippen LogP contribution in [-0.2, 0) is 14.3 Å². The first-order chi connectivity index (χ1) is 28.5. The van der Waals surface area contributed by atoms with E-state index in [0.717, 1.165) is 59.8 Å². The quantitative estimate of drug-likeness (QED) is 0.190. The molecule has 8 unspecified atom stereocenters. The molecule has 0 radical (unpaired) electrons. The van der Waals surface area contributed by atoms with Gasteiger partial charge in [0.2, 0.25) is 0 Å². The summed E-state index contributed by atoms with van der Waals surface area (Å²) in [7, 11) is 3.28. The molecule has 2 amide bonds. The number of fused-ring (bicyclic) bond motifs is 7. The zero-order valence-electron chi connectivity index (χ0n) is 34.2. The molecule has 5 aliphatic carbocycles. The lowest BCUT2D eigenvalue weighted by molar-refractivity contribution is -0.130. The molecular formula is C47H54N4O6S2. The van der Waals surface area contributed by atoms with E-state index >= 15 is 0 Å². The highest BCUT2D eigenvalue weighted by atomic mass is 32.2. The Morgan fingerprint density at radius 1 is 0.915 bits per heavy atom. The summed E-state index contributed by atoms with van der Waals surface area (Å²) in [5.41, 5.74) is 4.40. The number of methoxy groups -OCH3 is 2. The third kappa shape index (κ3) is 7.06. The fourth-order valence-electron chi connectivity index (χ4n) is 10.8. The minimum atomic E-state index is -0.124. The predicted molar refractivity (Wildman–Crippen MR) is 235 cm³/mol. The third-order valence-electron chi connectivity index (χ3n) is 13.5. The summed E-state index contributed by atoms with van der Waals surface area (Å²) in [5, 5.41) is 7.50. The number of rotatable bonds is 12. The molecule has 4 fully saturated rings. The monoisotopic (exact) mass is 834 g/mol. The summed E-state index contributed by atoms with van der Waals surface area (Å²) in [6.45, 7) is 5.11. The molecule has 59 heavy (non-hydrogen) atoms. The molecule has 4 heterocycles. The van der Waals surface area contributed by atoms with E-state index in [0.29, 0.717) is 54.3 Å². The highest BCUT2D eigenvalue weighted by Gasteiger charge is 2.68. The molecule has 1 spiro atoms. The van der Waals surface area contributed by atoms with Gasteiger partial charge >= 0.3 is 0 Å². The molecule has 0 aromatic heterocycles. The molecule has 12 heteroatoms. The molecule has 9 aliphatic rings. The van der Waals surface area contributed by atoms with Crippen LogP contribution in [0.15, 0.2) is 107 Å². The highest BCUT2D eigenvalue weighted by molar-refractivity contribution is 8.00. The number of hydrogen-bond acceptors (Lipinski definition) is 10. The number of anilines is 1. The Kier molecular flexibility index (Phi) is 9.91. The van der Waals surface area contributed by atoms with Crippen molar-refractivity contribution in [2.45, 2.75) is 86.6 Å². The van der Waals surface area contributed by atoms with Gasteiger partial charge in [0.25, 0.3) is 11.8 Å². The minimum Gasteiger partial charge on any atom is -0.493 e. The second-order valence-electron chi connectivity index (χ2n) is 18.2. The van der Waals surface area contributed by atoms with E-state index in [4.69, 9.17) is 31.6 Å². The summed E-state index contributed by atoms with van der Waals surface area (Å²) >= 11 is 6.64. The Hall–Kier alpha value is -4.26. The lowest BCUT2D eigenvalue weighted by Gasteiger charge is -2.36. The molecule has 10 rings (SSSR count). The second kappa shape index (κ2) is 15.0. The maximum atomic E-state index is 14.3. The zero-order chi connectivity index (χ0) is 40.6. The normalized spacial score (nSPS) is 33.3. The van der Waals surface area contributed by atoms with E-state index in [2.05, 4.69) is 84.1 Å². The van der Waals surface area contributed by atoms with Crippen molar-refractivity contribution in [3.05, 3.63) is 113 Å². The van der Waals surface area contributed by atoms with E-state index in [1.807, 2.05) is 40.9 Å². The summed E-state index contributed by atoms with van der Waals surface area (Å²) in [6.07, 6.45) is 27.7. The number of allylic oxidation sites excluding steroid dienone is 6. The highest BCUT2D eigenvalue weighted by Crippen LogP contribution is 2.58. The largest absolute Gasteiger partial charge is 0.493 e. The molecule has 10 nitrogen and oxygen atoms in total. The van der Waals surface area contributed by atoms with Crippen LogP contribution in [0.2, 0.25) is 0 Å². The number of benzene rings is 1. The molecule has 1 saturated carbocycles. The lowest BCUT2D eigenvalue weighted by Crippen LogP contribution is -2.48. The molecular weight excluding hydrogens is 781 g/mol. The number of amides is 2. The number of thiol groups is 1. The number of nitrogens with zero attached hydrogens (tertiary/aromatic N) is 2. The molecule has 2 N–H and O–H groups in total.